The van der Waals surface area contributed by atoms with Gasteiger partial charge in [-0.25, -0.2) is 0 Å². The first kappa shape index (κ1) is 7.98. The molecule has 0 bridgehead atoms. The fourth-order valence-electron chi connectivity index (χ4n) is 1.23. The largest absolute Gasteiger partial charge is 0.394 e. The lowest BCUT2D eigenvalue weighted by Gasteiger charge is -2.15. The van der Waals surface area contributed by atoms with Crippen molar-refractivity contribution in [2.75, 3.05) is 6.61 Å². The SMILES string of the molecule is CC1CCC(C(O)CO)O1. The van der Waals surface area contributed by atoms with Crippen molar-refractivity contribution in [3.63, 3.8) is 0 Å². The molecule has 1 aliphatic rings. The first-order valence-electron chi connectivity index (χ1n) is 3.68. The van der Waals surface area contributed by atoms with Crippen LogP contribution in [0.3, 0.4) is 0 Å². The van der Waals surface area contributed by atoms with Gasteiger partial charge in [-0.1, -0.05) is 0 Å². The van der Waals surface area contributed by atoms with Crippen molar-refractivity contribution in [1.29, 1.82) is 0 Å². The Balaban J connectivity index is 2.29. The molecule has 0 radical (unpaired) electrons. The summed E-state index contributed by atoms with van der Waals surface area (Å²) in [6, 6.07) is 0. The number of ether oxygens (including phenoxy) is 1. The molecule has 1 fully saturated rings. The fraction of sp³-hybridized carbons (Fsp3) is 1.00. The molecule has 0 aromatic carbocycles. The quantitative estimate of drug-likeness (QED) is 0.572. The van der Waals surface area contributed by atoms with E-state index in [-0.39, 0.29) is 18.8 Å². The van der Waals surface area contributed by atoms with Crippen LogP contribution >= 0.6 is 0 Å². The first-order valence-corrected chi connectivity index (χ1v) is 3.68. The lowest BCUT2D eigenvalue weighted by atomic mass is 10.1. The van der Waals surface area contributed by atoms with Gasteiger partial charge in [0.1, 0.15) is 6.10 Å². The predicted molar refractivity (Wildman–Crippen MR) is 36.7 cm³/mol. The Kier molecular flexibility index (Phi) is 2.65. The van der Waals surface area contributed by atoms with Crippen LogP contribution in [0.1, 0.15) is 19.8 Å². The van der Waals surface area contributed by atoms with Crippen molar-refractivity contribution < 1.29 is 14.9 Å². The van der Waals surface area contributed by atoms with Crippen molar-refractivity contribution in [3.05, 3.63) is 0 Å². The average molecular weight is 146 g/mol. The first-order chi connectivity index (χ1) is 4.74. The normalized spacial score (nSPS) is 36.3. The van der Waals surface area contributed by atoms with Crippen LogP contribution in [0.2, 0.25) is 0 Å². The predicted octanol–water partition coefficient (Wildman–Crippen LogP) is -0.0929. The summed E-state index contributed by atoms with van der Waals surface area (Å²) in [5.41, 5.74) is 0. The van der Waals surface area contributed by atoms with E-state index < -0.39 is 6.10 Å². The summed E-state index contributed by atoms with van der Waals surface area (Å²) in [6.45, 7) is 1.78. The number of hydrogen-bond acceptors (Lipinski definition) is 3. The smallest absolute Gasteiger partial charge is 0.103 e. The molecule has 0 aromatic rings. The maximum Gasteiger partial charge on any atom is 0.103 e. The van der Waals surface area contributed by atoms with Gasteiger partial charge in [0.25, 0.3) is 0 Å². The third kappa shape index (κ3) is 1.68. The van der Waals surface area contributed by atoms with Crippen LogP contribution in [0.15, 0.2) is 0 Å². The number of hydrogen-bond donors (Lipinski definition) is 2. The summed E-state index contributed by atoms with van der Waals surface area (Å²) in [6.07, 6.45) is 1.26. The van der Waals surface area contributed by atoms with E-state index in [1.165, 1.54) is 0 Å². The molecule has 3 unspecified atom stereocenters. The Morgan fingerprint density at radius 1 is 1.60 bits per heavy atom. The van der Waals surface area contributed by atoms with E-state index in [0.717, 1.165) is 12.8 Å². The van der Waals surface area contributed by atoms with Gasteiger partial charge in [-0.15, -0.1) is 0 Å². The van der Waals surface area contributed by atoms with Gasteiger partial charge in [0.15, 0.2) is 0 Å². The highest BCUT2D eigenvalue weighted by atomic mass is 16.5. The van der Waals surface area contributed by atoms with E-state index in [0.29, 0.717) is 0 Å². The monoisotopic (exact) mass is 146 g/mol. The standard InChI is InChI=1S/C7H14O3/c1-5-2-3-7(10-5)6(9)4-8/h5-9H,2-4H2,1H3. The van der Waals surface area contributed by atoms with Crippen molar-refractivity contribution in [2.45, 2.75) is 38.1 Å². The number of aliphatic hydroxyl groups is 2. The Hall–Kier alpha value is -0.120. The molecule has 1 rings (SSSR count). The van der Waals surface area contributed by atoms with Crippen LogP contribution in [0.25, 0.3) is 0 Å². The molecule has 60 valence electrons. The second-order valence-corrected chi connectivity index (χ2v) is 2.81. The van der Waals surface area contributed by atoms with Gasteiger partial charge in [0.05, 0.1) is 18.8 Å². The van der Waals surface area contributed by atoms with E-state index in [4.69, 9.17) is 14.9 Å². The molecule has 1 saturated heterocycles. The summed E-state index contributed by atoms with van der Waals surface area (Å²) in [7, 11) is 0. The topological polar surface area (TPSA) is 49.7 Å². The minimum atomic E-state index is -0.690. The molecular weight excluding hydrogens is 132 g/mol. The molecule has 3 nitrogen and oxygen atoms in total. The van der Waals surface area contributed by atoms with Gasteiger partial charge in [-0.3, -0.25) is 0 Å². The molecule has 1 aliphatic heterocycles. The molecule has 0 amide bonds. The summed E-state index contributed by atoms with van der Waals surface area (Å²) in [5, 5.41) is 17.7. The zero-order valence-electron chi connectivity index (χ0n) is 6.16. The molecule has 2 N–H and O–H groups in total. The van der Waals surface area contributed by atoms with Crippen LogP contribution in [0.4, 0.5) is 0 Å². The summed E-state index contributed by atoms with van der Waals surface area (Å²) >= 11 is 0. The van der Waals surface area contributed by atoms with Crippen LogP contribution < -0.4 is 0 Å². The van der Waals surface area contributed by atoms with Crippen LogP contribution in [-0.2, 0) is 4.74 Å². The zero-order chi connectivity index (χ0) is 7.56. The second-order valence-electron chi connectivity index (χ2n) is 2.81. The lowest BCUT2D eigenvalue weighted by molar-refractivity contribution is -0.0490. The van der Waals surface area contributed by atoms with Crippen molar-refractivity contribution in [1.82, 2.24) is 0 Å². The van der Waals surface area contributed by atoms with Crippen molar-refractivity contribution >= 4 is 0 Å². The maximum atomic E-state index is 9.10. The molecule has 0 aliphatic carbocycles. The van der Waals surface area contributed by atoms with E-state index >= 15 is 0 Å². The molecular formula is C7H14O3. The maximum absolute atomic E-state index is 9.10. The van der Waals surface area contributed by atoms with Gasteiger partial charge in [0.2, 0.25) is 0 Å². The van der Waals surface area contributed by atoms with Crippen molar-refractivity contribution in [2.24, 2.45) is 0 Å². The highest BCUT2D eigenvalue weighted by molar-refractivity contribution is 4.76. The molecule has 0 aromatic heterocycles. The Morgan fingerprint density at radius 3 is 2.70 bits per heavy atom. The van der Waals surface area contributed by atoms with E-state index in [1.54, 1.807) is 0 Å². The molecule has 10 heavy (non-hydrogen) atoms. The minimum Gasteiger partial charge on any atom is -0.394 e. The molecule has 0 saturated carbocycles. The average Bonchev–Trinajstić information content (AvgIpc) is 2.34. The van der Waals surface area contributed by atoms with Crippen molar-refractivity contribution in [3.8, 4) is 0 Å². The highest BCUT2D eigenvalue weighted by Gasteiger charge is 2.27. The molecule has 1 heterocycles. The van der Waals surface area contributed by atoms with Crippen LogP contribution in [0.5, 0.6) is 0 Å². The van der Waals surface area contributed by atoms with Gasteiger partial charge in [-0.2, -0.15) is 0 Å². The Bertz CT molecular complexity index is 105. The summed E-state index contributed by atoms with van der Waals surface area (Å²) in [4.78, 5) is 0. The highest BCUT2D eigenvalue weighted by Crippen LogP contribution is 2.21. The molecule has 3 atom stereocenters. The van der Waals surface area contributed by atoms with Gasteiger partial charge < -0.3 is 14.9 Å². The Morgan fingerprint density at radius 2 is 2.30 bits per heavy atom. The van der Waals surface area contributed by atoms with Crippen LogP contribution in [0, 0.1) is 0 Å². The van der Waals surface area contributed by atoms with E-state index in [2.05, 4.69) is 0 Å². The fourth-order valence-corrected chi connectivity index (χ4v) is 1.23. The van der Waals surface area contributed by atoms with Gasteiger partial charge >= 0.3 is 0 Å². The third-order valence-corrected chi connectivity index (χ3v) is 1.88. The number of rotatable bonds is 2. The number of aliphatic hydroxyl groups excluding tert-OH is 2. The van der Waals surface area contributed by atoms with E-state index in [1.807, 2.05) is 6.92 Å². The van der Waals surface area contributed by atoms with Gasteiger partial charge in [0, 0.05) is 0 Å². The summed E-state index contributed by atoms with van der Waals surface area (Å²) < 4.78 is 5.30. The van der Waals surface area contributed by atoms with Gasteiger partial charge in [-0.05, 0) is 19.8 Å². The second kappa shape index (κ2) is 3.32. The van der Waals surface area contributed by atoms with Crippen LogP contribution in [-0.4, -0.2) is 35.1 Å². The zero-order valence-corrected chi connectivity index (χ0v) is 6.16. The Labute approximate surface area is 60.6 Å². The van der Waals surface area contributed by atoms with E-state index in [9.17, 15) is 0 Å². The molecule has 0 spiro atoms. The third-order valence-electron chi connectivity index (χ3n) is 1.88. The minimum absolute atomic E-state index is 0.139. The molecule has 3 heteroatoms. The lowest BCUT2D eigenvalue weighted by Crippen LogP contribution is -2.29. The summed E-state index contributed by atoms with van der Waals surface area (Å²) in [5.74, 6) is 0.